The van der Waals surface area contributed by atoms with Crippen molar-refractivity contribution in [3.8, 4) is 0 Å². The highest BCUT2D eigenvalue weighted by molar-refractivity contribution is 5.88. The van der Waals surface area contributed by atoms with E-state index in [1.54, 1.807) is 0 Å². The summed E-state index contributed by atoms with van der Waals surface area (Å²) in [7, 11) is 1.95. The van der Waals surface area contributed by atoms with E-state index >= 15 is 0 Å². The van der Waals surface area contributed by atoms with E-state index in [0.29, 0.717) is 12.8 Å². The maximum absolute atomic E-state index is 13.8. The molecule has 1 aliphatic carbocycles. The maximum atomic E-state index is 13.8. The molecule has 1 aliphatic rings. The molecule has 5 rings (SSSR count). The number of hydrogen-bond donors (Lipinski definition) is 4. The van der Waals surface area contributed by atoms with E-state index in [1.165, 1.54) is 12.5 Å². The van der Waals surface area contributed by atoms with Gasteiger partial charge >= 0.3 is 12.0 Å². The van der Waals surface area contributed by atoms with Crippen LogP contribution in [0.5, 0.6) is 0 Å². The third-order valence-corrected chi connectivity index (χ3v) is 8.04. The number of rotatable bonds is 10. The molecule has 3 amide bonds. The predicted octanol–water partition coefficient (Wildman–Crippen LogP) is 5.36. The number of amides is 3. The van der Waals surface area contributed by atoms with Gasteiger partial charge in [0.2, 0.25) is 11.8 Å². The number of para-hydroxylation sites is 1. The summed E-state index contributed by atoms with van der Waals surface area (Å²) in [6.07, 6.45) is 5.49. The number of nitrogens with zero attached hydrogens (tertiary/aromatic N) is 2. The van der Waals surface area contributed by atoms with Crippen molar-refractivity contribution >= 4 is 28.8 Å². The smallest absolute Gasteiger partial charge is 0.358 e. The fourth-order valence-corrected chi connectivity index (χ4v) is 6.01. The van der Waals surface area contributed by atoms with Crippen LogP contribution in [0.4, 0.5) is 4.79 Å². The molecule has 0 fully saturated rings. The molecule has 0 aliphatic heterocycles. The van der Waals surface area contributed by atoms with Crippen molar-refractivity contribution < 1.29 is 23.9 Å². The third-order valence-electron chi connectivity index (χ3n) is 8.04. The summed E-state index contributed by atoms with van der Waals surface area (Å²) in [5.41, 5.74) is 4.11. The topological polar surface area (TPSA) is 138 Å². The molecule has 10 heteroatoms. The largest absolute Gasteiger partial charge is 0.476 e. The van der Waals surface area contributed by atoms with Crippen LogP contribution in [0, 0.1) is 12.8 Å². The number of aromatic carboxylic acids is 1. The van der Waals surface area contributed by atoms with E-state index in [1.807, 2.05) is 74.1 Å². The van der Waals surface area contributed by atoms with E-state index in [-0.39, 0.29) is 29.3 Å². The minimum Gasteiger partial charge on any atom is -0.476 e. The molecule has 0 saturated heterocycles. The lowest BCUT2D eigenvalue weighted by Crippen LogP contribution is -2.52. The van der Waals surface area contributed by atoms with E-state index in [0.717, 1.165) is 41.3 Å². The lowest BCUT2D eigenvalue weighted by molar-refractivity contribution is -0.124. The normalized spacial score (nSPS) is 16.0. The van der Waals surface area contributed by atoms with Crippen LogP contribution in [0.15, 0.2) is 59.1 Å². The molecule has 2 unspecified atom stereocenters. The number of oxazole rings is 1. The Hall–Kier alpha value is -4.60. The molecule has 0 bridgehead atoms. The summed E-state index contributed by atoms with van der Waals surface area (Å²) < 4.78 is 7.80. The summed E-state index contributed by atoms with van der Waals surface area (Å²) in [6, 6.07) is 13.9. The Labute approximate surface area is 250 Å². The van der Waals surface area contributed by atoms with Gasteiger partial charge in [-0.05, 0) is 61.3 Å². The first kappa shape index (κ1) is 29.9. The molecule has 226 valence electrons. The van der Waals surface area contributed by atoms with Gasteiger partial charge in [-0.2, -0.15) is 0 Å². The number of carboxylic acid groups (broad SMARTS) is 1. The first-order valence-electron chi connectivity index (χ1n) is 14.8. The number of carbonyl (C=O) groups excluding carboxylic acids is 2. The van der Waals surface area contributed by atoms with E-state index < -0.39 is 30.0 Å². The Balaban J connectivity index is 1.38. The molecule has 2 aromatic carbocycles. The number of urea groups is 1. The lowest BCUT2D eigenvalue weighted by atomic mass is 9.88. The highest BCUT2D eigenvalue weighted by Crippen LogP contribution is 2.30. The van der Waals surface area contributed by atoms with Crippen molar-refractivity contribution in [3.05, 3.63) is 88.8 Å². The predicted molar refractivity (Wildman–Crippen MR) is 163 cm³/mol. The lowest BCUT2D eigenvalue weighted by Gasteiger charge is -2.28. The zero-order chi connectivity index (χ0) is 30.7. The average molecular weight is 586 g/mol. The first-order chi connectivity index (χ1) is 20.6. The van der Waals surface area contributed by atoms with Gasteiger partial charge in [-0.15, -0.1) is 0 Å². The van der Waals surface area contributed by atoms with Crippen LogP contribution in [0.1, 0.15) is 84.0 Å². The van der Waals surface area contributed by atoms with Crippen molar-refractivity contribution in [3.63, 3.8) is 0 Å². The van der Waals surface area contributed by atoms with Gasteiger partial charge in [0.1, 0.15) is 17.8 Å². The maximum Gasteiger partial charge on any atom is 0.358 e. The molecular weight excluding hydrogens is 546 g/mol. The molecule has 10 nitrogen and oxygen atoms in total. The van der Waals surface area contributed by atoms with Crippen LogP contribution >= 0.6 is 0 Å². The molecule has 43 heavy (non-hydrogen) atoms. The Morgan fingerprint density at radius 3 is 2.58 bits per heavy atom. The summed E-state index contributed by atoms with van der Waals surface area (Å²) in [5, 5.41) is 19.6. The van der Waals surface area contributed by atoms with E-state index in [2.05, 4.69) is 27.0 Å². The first-order valence-corrected chi connectivity index (χ1v) is 14.8. The Morgan fingerprint density at radius 2 is 1.84 bits per heavy atom. The van der Waals surface area contributed by atoms with E-state index in [4.69, 9.17) is 4.42 Å². The Bertz CT molecular complexity index is 1640. The number of carboxylic acids is 1. The number of aromatic nitrogens is 2. The Kier molecular flexibility index (Phi) is 8.84. The number of fused-ring (bicyclic) bond motifs is 2. The van der Waals surface area contributed by atoms with Crippen LogP contribution in [0.2, 0.25) is 0 Å². The molecule has 3 atom stereocenters. The van der Waals surface area contributed by atoms with Gasteiger partial charge in [0, 0.05) is 30.6 Å². The zero-order valence-corrected chi connectivity index (χ0v) is 25.0. The van der Waals surface area contributed by atoms with Crippen molar-refractivity contribution in [2.75, 3.05) is 0 Å². The standard InChI is InChI=1S/C33H39N5O5/c1-19(2)16-26(36-33(42)35-25-14-9-11-21-10-5-6-12-23(21)25)30(39)34-27(31-37-29(32(40)41)20(3)43-31)17-22-18-38(4)28-15-8-7-13-24(22)28/h5-8,10,12-13,15,18-19,25-27H,9,11,14,16-17H2,1-4H3,(H,34,39)(H,40,41)(H2,35,36,42)/t25?,26?,27-/m1/s1. The summed E-state index contributed by atoms with van der Waals surface area (Å²) in [6.45, 7) is 5.51. The molecular formula is C33H39N5O5. The molecule has 0 radical (unpaired) electrons. The van der Waals surface area contributed by atoms with Crippen molar-refractivity contribution in [2.45, 2.75) is 71.0 Å². The van der Waals surface area contributed by atoms with Gasteiger partial charge in [0.25, 0.3) is 0 Å². The Morgan fingerprint density at radius 1 is 1.09 bits per heavy atom. The molecule has 4 N–H and O–H groups in total. The summed E-state index contributed by atoms with van der Waals surface area (Å²) in [5.74, 6) is -1.23. The van der Waals surface area contributed by atoms with Crippen molar-refractivity contribution in [1.82, 2.24) is 25.5 Å². The SMILES string of the molecule is Cc1oc([C@@H](Cc2cn(C)c3ccccc23)NC(=O)C(CC(C)C)NC(=O)NC2CCCc3ccccc32)nc1C(=O)O. The van der Waals surface area contributed by atoms with Crippen molar-refractivity contribution in [2.24, 2.45) is 13.0 Å². The number of carbonyl (C=O) groups is 3. The van der Waals surface area contributed by atoms with Crippen LogP contribution in [0.3, 0.4) is 0 Å². The van der Waals surface area contributed by atoms with Crippen LogP contribution in [0.25, 0.3) is 10.9 Å². The molecule has 0 saturated carbocycles. The second-order valence-corrected chi connectivity index (χ2v) is 11.8. The quantitative estimate of drug-likeness (QED) is 0.198. The molecule has 2 heterocycles. The van der Waals surface area contributed by atoms with Gasteiger partial charge in [-0.3, -0.25) is 4.79 Å². The number of nitrogens with one attached hydrogen (secondary N) is 3. The number of hydrogen-bond acceptors (Lipinski definition) is 5. The fourth-order valence-electron chi connectivity index (χ4n) is 6.01. The minimum atomic E-state index is -1.21. The van der Waals surface area contributed by atoms with Gasteiger partial charge in [0.05, 0.1) is 6.04 Å². The van der Waals surface area contributed by atoms with Gasteiger partial charge in [0.15, 0.2) is 5.69 Å². The highest BCUT2D eigenvalue weighted by Gasteiger charge is 2.30. The van der Waals surface area contributed by atoms with Gasteiger partial charge < -0.3 is 30.0 Å². The van der Waals surface area contributed by atoms with E-state index in [9.17, 15) is 19.5 Å². The second kappa shape index (κ2) is 12.7. The summed E-state index contributed by atoms with van der Waals surface area (Å²) in [4.78, 5) is 43.0. The monoisotopic (exact) mass is 585 g/mol. The van der Waals surface area contributed by atoms with Gasteiger partial charge in [-0.25, -0.2) is 14.6 Å². The van der Waals surface area contributed by atoms with Crippen LogP contribution in [-0.4, -0.2) is 38.6 Å². The highest BCUT2D eigenvalue weighted by atomic mass is 16.4. The van der Waals surface area contributed by atoms with Crippen LogP contribution in [-0.2, 0) is 24.7 Å². The average Bonchev–Trinajstić information content (AvgIpc) is 3.52. The zero-order valence-electron chi connectivity index (χ0n) is 25.0. The fraction of sp³-hybridized carbons (Fsp3) is 0.394. The minimum absolute atomic E-state index is 0.0998. The molecule has 2 aromatic heterocycles. The number of aryl methyl sites for hydroxylation is 3. The molecule has 4 aromatic rings. The second-order valence-electron chi connectivity index (χ2n) is 11.8. The van der Waals surface area contributed by atoms with Crippen molar-refractivity contribution in [1.29, 1.82) is 0 Å². The summed E-state index contributed by atoms with van der Waals surface area (Å²) >= 11 is 0. The third kappa shape index (κ3) is 6.74. The number of benzene rings is 2. The van der Waals surface area contributed by atoms with Crippen LogP contribution < -0.4 is 16.0 Å². The molecule has 0 spiro atoms. The van der Waals surface area contributed by atoms with Gasteiger partial charge in [-0.1, -0.05) is 56.3 Å².